The number of hydrogen-bond acceptors (Lipinski definition) is 2. The minimum Gasteiger partial charge on any atom is -0.282 e. The number of benzene rings is 1. The van der Waals surface area contributed by atoms with Gasteiger partial charge in [-0.2, -0.15) is 10.3 Å². The van der Waals surface area contributed by atoms with E-state index in [2.05, 4.69) is 4.99 Å². The molecule has 3 nitrogen and oxygen atoms in total. The van der Waals surface area contributed by atoms with Gasteiger partial charge in [0.1, 0.15) is 0 Å². The van der Waals surface area contributed by atoms with Crippen LogP contribution in [0.3, 0.4) is 0 Å². The topological polar surface area (TPSA) is 60.0 Å². The fraction of sp³-hybridized carbons (Fsp3) is 0. The highest BCUT2D eigenvalue weighted by Gasteiger charge is 1.94. The molecule has 0 amide bonds. The van der Waals surface area contributed by atoms with Gasteiger partial charge in [0, 0.05) is 5.56 Å². The third kappa shape index (κ3) is 1.80. The lowest BCUT2D eigenvalue weighted by Crippen LogP contribution is -1.99. The van der Waals surface area contributed by atoms with E-state index in [4.69, 9.17) is 11.0 Å². The Balaban J connectivity index is 2.96. The summed E-state index contributed by atoms with van der Waals surface area (Å²) in [6.07, 6.45) is 1.57. The molecule has 3 heteroatoms. The molecule has 0 unspecified atom stereocenters. The number of aliphatic imine (C=N–C) groups is 1. The predicted molar refractivity (Wildman–Crippen MR) is 41.7 cm³/mol. The number of hydrogen-bond donors (Lipinski definition) is 0. The van der Waals surface area contributed by atoms with Crippen molar-refractivity contribution in [2.45, 2.75) is 0 Å². The molecule has 1 radical (unpaired) electrons. The van der Waals surface area contributed by atoms with Gasteiger partial charge in [0.25, 0.3) is 0 Å². The van der Waals surface area contributed by atoms with E-state index in [-0.39, 0.29) is 5.84 Å². The maximum absolute atomic E-state index is 8.14. The Morgan fingerprint density at radius 1 is 1.36 bits per heavy atom. The van der Waals surface area contributed by atoms with Crippen molar-refractivity contribution in [3.05, 3.63) is 35.9 Å². The lowest BCUT2D eigenvalue weighted by atomic mass is 10.2. The summed E-state index contributed by atoms with van der Waals surface area (Å²) in [6, 6.07) is 8.93. The molecule has 0 fully saturated rings. The van der Waals surface area contributed by atoms with Crippen molar-refractivity contribution < 1.29 is 0 Å². The van der Waals surface area contributed by atoms with Crippen molar-refractivity contribution in [2.75, 3.05) is 0 Å². The van der Waals surface area contributed by atoms with Crippen LogP contribution in [0.5, 0.6) is 0 Å². The summed E-state index contributed by atoms with van der Waals surface area (Å²) in [7, 11) is 0. The van der Waals surface area contributed by atoms with Crippen LogP contribution in [0.4, 0.5) is 0 Å². The number of nitrogens with zero attached hydrogens (tertiary/aromatic N) is 2. The molecule has 0 aliphatic heterocycles. The number of nitrogens with one attached hydrogen (secondary N) is 1. The molecule has 0 saturated carbocycles. The Hall–Kier alpha value is -1.82. The van der Waals surface area contributed by atoms with E-state index < -0.39 is 0 Å². The molecule has 11 heavy (non-hydrogen) atoms. The van der Waals surface area contributed by atoms with Crippen LogP contribution in [0.2, 0.25) is 0 Å². The van der Waals surface area contributed by atoms with Crippen molar-refractivity contribution >= 4 is 5.84 Å². The van der Waals surface area contributed by atoms with Crippen LogP contribution in [0, 0.1) is 11.5 Å². The van der Waals surface area contributed by atoms with Crippen LogP contribution < -0.4 is 5.73 Å². The normalized spacial score (nSPS) is 10.6. The Kier molecular flexibility index (Phi) is 2.24. The summed E-state index contributed by atoms with van der Waals surface area (Å²) < 4.78 is 0. The molecule has 0 spiro atoms. The lowest BCUT2D eigenvalue weighted by Gasteiger charge is -1.93. The Labute approximate surface area is 64.8 Å². The van der Waals surface area contributed by atoms with Gasteiger partial charge < -0.3 is 0 Å². The third-order valence-electron chi connectivity index (χ3n) is 1.21. The second kappa shape index (κ2) is 3.37. The quantitative estimate of drug-likeness (QED) is 0.332. The van der Waals surface area contributed by atoms with Gasteiger partial charge in [0.2, 0.25) is 6.19 Å². The first kappa shape index (κ1) is 7.29. The zero-order valence-corrected chi connectivity index (χ0v) is 5.78. The summed E-state index contributed by atoms with van der Waals surface area (Å²) in [5, 5.41) is 8.14. The fourth-order valence-electron chi connectivity index (χ4n) is 0.711. The van der Waals surface area contributed by atoms with Gasteiger partial charge >= 0.3 is 0 Å². The van der Waals surface area contributed by atoms with E-state index in [0.717, 1.165) is 0 Å². The van der Waals surface area contributed by atoms with E-state index in [1.54, 1.807) is 30.5 Å². The van der Waals surface area contributed by atoms with E-state index in [0.29, 0.717) is 5.56 Å². The van der Waals surface area contributed by atoms with E-state index >= 15 is 0 Å². The average molecular weight is 144 g/mol. The smallest absolute Gasteiger partial charge is 0.207 e. The standard InChI is InChI=1S/C8H6N3/c9-6-11-8(10)7-4-2-1-3-5-7/h1-5,10H. The first-order valence-corrected chi connectivity index (χ1v) is 3.08. The van der Waals surface area contributed by atoms with Crippen molar-refractivity contribution in [1.82, 2.24) is 5.73 Å². The van der Waals surface area contributed by atoms with Crippen LogP contribution in [0.15, 0.2) is 35.3 Å². The lowest BCUT2D eigenvalue weighted by molar-refractivity contribution is 1.40. The van der Waals surface area contributed by atoms with Crippen LogP contribution in [0.25, 0.3) is 0 Å². The zero-order valence-electron chi connectivity index (χ0n) is 5.78. The summed E-state index contributed by atoms with van der Waals surface area (Å²) >= 11 is 0. The molecule has 0 aliphatic rings. The van der Waals surface area contributed by atoms with Crippen molar-refractivity contribution in [1.29, 1.82) is 5.26 Å². The second-order valence-corrected chi connectivity index (χ2v) is 1.93. The highest BCUT2D eigenvalue weighted by atomic mass is 14.8. The minimum absolute atomic E-state index is 0.00750. The summed E-state index contributed by atoms with van der Waals surface area (Å²) in [4.78, 5) is 3.28. The first-order valence-electron chi connectivity index (χ1n) is 3.08. The van der Waals surface area contributed by atoms with Crippen molar-refractivity contribution in [2.24, 2.45) is 4.99 Å². The minimum atomic E-state index is 0.00750. The molecule has 1 N–H and O–H groups in total. The van der Waals surface area contributed by atoms with Gasteiger partial charge in [-0.15, -0.1) is 0 Å². The van der Waals surface area contributed by atoms with Gasteiger partial charge in [0.05, 0.1) is 0 Å². The van der Waals surface area contributed by atoms with Crippen LogP contribution in [-0.4, -0.2) is 5.84 Å². The largest absolute Gasteiger partial charge is 0.282 e. The van der Waals surface area contributed by atoms with Gasteiger partial charge in [-0.25, -0.2) is 0 Å². The average Bonchev–Trinajstić information content (AvgIpc) is 2.07. The highest BCUT2D eigenvalue weighted by Crippen LogP contribution is 1.97. The molecule has 1 aromatic rings. The number of rotatable bonds is 1. The highest BCUT2D eigenvalue weighted by molar-refractivity contribution is 5.97. The van der Waals surface area contributed by atoms with E-state index in [1.165, 1.54) is 0 Å². The van der Waals surface area contributed by atoms with Crippen LogP contribution in [0.1, 0.15) is 5.56 Å². The van der Waals surface area contributed by atoms with Gasteiger partial charge in [-0.05, 0) is 0 Å². The van der Waals surface area contributed by atoms with Crippen LogP contribution >= 0.6 is 0 Å². The maximum Gasteiger partial charge on any atom is 0.207 e. The van der Waals surface area contributed by atoms with E-state index in [9.17, 15) is 0 Å². The molecule has 1 rings (SSSR count). The number of nitriles is 1. The monoisotopic (exact) mass is 144 g/mol. The number of amidine groups is 1. The maximum atomic E-state index is 8.14. The Morgan fingerprint density at radius 2 is 2.00 bits per heavy atom. The molecule has 0 heterocycles. The van der Waals surface area contributed by atoms with E-state index in [1.807, 2.05) is 6.07 Å². The van der Waals surface area contributed by atoms with Gasteiger partial charge in [-0.1, -0.05) is 30.3 Å². The molecule has 0 atom stereocenters. The fourth-order valence-corrected chi connectivity index (χ4v) is 0.711. The summed E-state index contributed by atoms with van der Waals surface area (Å²) in [5.74, 6) is 0.00750. The molecule has 0 bridgehead atoms. The third-order valence-corrected chi connectivity index (χ3v) is 1.21. The van der Waals surface area contributed by atoms with Crippen molar-refractivity contribution in [3.8, 4) is 6.19 Å². The second-order valence-electron chi connectivity index (χ2n) is 1.93. The van der Waals surface area contributed by atoms with Crippen LogP contribution in [-0.2, 0) is 0 Å². The Bertz CT molecular complexity index is 295. The van der Waals surface area contributed by atoms with Gasteiger partial charge in [0.15, 0.2) is 5.84 Å². The Morgan fingerprint density at radius 3 is 2.55 bits per heavy atom. The molecular weight excluding hydrogens is 138 g/mol. The summed E-state index contributed by atoms with van der Waals surface area (Å²) in [5.41, 5.74) is 7.90. The molecule has 0 aliphatic carbocycles. The molecule has 1 aromatic carbocycles. The SMILES string of the molecule is N#CN=C([NH])c1ccccc1. The molecular formula is C8H6N3. The molecule has 0 aromatic heterocycles. The summed E-state index contributed by atoms with van der Waals surface area (Å²) in [6.45, 7) is 0. The van der Waals surface area contributed by atoms with Crippen molar-refractivity contribution in [3.63, 3.8) is 0 Å². The van der Waals surface area contributed by atoms with Gasteiger partial charge in [-0.3, -0.25) is 5.73 Å². The first-order chi connectivity index (χ1) is 5.34. The predicted octanol–water partition coefficient (Wildman–Crippen LogP) is 1.20. The zero-order chi connectivity index (χ0) is 8.10. The molecule has 0 saturated heterocycles. The molecule has 53 valence electrons.